The van der Waals surface area contributed by atoms with E-state index in [2.05, 4.69) is 15.5 Å². The molecule has 5 atom stereocenters. The topological polar surface area (TPSA) is 134 Å². The SMILES string of the molecule is CS(=O)(=O)c1ccc(-c2ccc3c(c2)OCC[C@@H]2CC[C@H](O)[C@@H](CNC(=O)[C@@H]4C[C@@H](CN4CC4CCCC4)NC3=O)O2)cc1. The predicted molar refractivity (Wildman–Crippen MR) is 165 cm³/mol. The first-order chi connectivity index (χ1) is 21.1. The van der Waals surface area contributed by atoms with Gasteiger partial charge in [-0.05, 0) is 73.4 Å². The lowest BCUT2D eigenvalue weighted by molar-refractivity contribution is -0.133. The maximum Gasteiger partial charge on any atom is 0.255 e. The number of sulfone groups is 1. The number of aliphatic hydroxyl groups excluding tert-OH is 1. The van der Waals surface area contributed by atoms with Gasteiger partial charge in [-0.1, -0.05) is 31.0 Å². The molecule has 0 aromatic heterocycles. The molecule has 2 aromatic rings. The molecular weight excluding hydrogens is 582 g/mol. The van der Waals surface area contributed by atoms with Crippen molar-refractivity contribution in [2.75, 3.05) is 32.5 Å². The number of fused-ring (bicyclic) bond motifs is 5. The maximum absolute atomic E-state index is 13.7. The van der Waals surface area contributed by atoms with Crippen LogP contribution in [0, 0.1) is 5.92 Å². The monoisotopic (exact) mass is 625 g/mol. The average molecular weight is 626 g/mol. The highest BCUT2D eigenvalue weighted by Gasteiger charge is 2.40. The summed E-state index contributed by atoms with van der Waals surface area (Å²) in [7, 11) is -3.32. The van der Waals surface area contributed by atoms with Crippen molar-refractivity contribution in [2.24, 2.45) is 5.92 Å². The van der Waals surface area contributed by atoms with Gasteiger partial charge in [0.05, 0.1) is 35.3 Å². The van der Waals surface area contributed by atoms with Gasteiger partial charge in [0.25, 0.3) is 5.91 Å². The van der Waals surface area contributed by atoms with Gasteiger partial charge in [-0.3, -0.25) is 14.5 Å². The summed E-state index contributed by atoms with van der Waals surface area (Å²) in [6.45, 7) is 1.96. The molecule has 1 aliphatic carbocycles. The third kappa shape index (κ3) is 7.11. The van der Waals surface area contributed by atoms with Crippen LogP contribution in [0.3, 0.4) is 0 Å². The number of carbonyl (C=O) groups is 2. The van der Waals surface area contributed by atoms with E-state index in [1.165, 1.54) is 19.1 Å². The van der Waals surface area contributed by atoms with Crippen molar-refractivity contribution in [3.05, 3.63) is 48.0 Å². The van der Waals surface area contributed by atoms with Crippen molar-refractivity contribution in [2.45, 2.75) is 86.7 Å². The fourth-order valence-electron chi connectivity index (χ4n) is 7.14. The smallest absolute Gasteiger partial charge is 0.255 e. The minimum Gasteiger partial charge on any atom is -0.493 e. The molecule has 4 aliphatic rings. The summed E-state index contributed by atoms with van der Waals surface area (Å²) in [5, 5.41) is 16.9. The number of likely N-dealkylation sites (tertiary alicyclic amines) is 1. The Kier molecular flexibility index (Phi) is 9.28. The van der Waals surface area contributed by atoms with Crippen molar-refractivity contribution in [1.29, 1.82) is 0 Å². The Morgan fingerprint density at radius 1 is 0.977 bits per heavy atom. The van der Waals surface area contributed by atoms with Crippen LogP contribution in [-0.4, -0.2) is 93.1 Å². The molecule has 44 heavy (non-hydrogen) atoms. The number of aliphatic hydroxyl groups is 1. The summed E-state index contributed by atoms with van der Waals surface area (Å²) < 4.78 is 36.3. The zero-order valence-electron chi connectivity index (χ0n) is 25.2. The van der Waals surface area contributed by atoms with Crippen LogP contribution in [0.25, 0.3) is 11.1 Å². The van der Waals surface area contributed by atoms with Crippen LogP contribution in [-0.2, 0) is 19.4 Å². The lowest BCUT2D eigenvalue weighted by atomic mass is 9.99. The second kappa shape index (κ2) is 13.2. The Labute approximate surface area is 259 Å². The first-order valence-corrected chi connectivity index (χ1v) is 17.8. The van der Waals surface area contributed by atoms with E-state index in [-0.39, 0.29) is 41.4 Å². The molecular formula is C33H43N3O7S. The summed E-state index contributed by atoms with van der Waals surface area (Å²) in [6, 6.07) is 11.5. The van der Waals surface area contributed by atoms with Crippen LogP contribution in [0.5, 0.6) is 5.75 Å². The number of amides is 2. The first-order valence-electron chi connectivity index (χ1n) is 15.9. The number of ether oxygens (including phenoxy) is 2. The van der Waals surface area contributed by atoms with Gasteiger partial charge in [-0.2, -0.15) is 0 Å². The molecule has 10 nitrogen and oxygen atoms in total. The molecule has 2 aromatic carbocycles. The van der Waals surface area contributed by atoms with Gasteiger partial charge in [0.15, 0.2) is 9.84 Å². The number of nitrogens with one attached hydrogen (secondary N) is 2. The number of hydrogen-bond donors (Lipinski definition) is 3. The van der Waals surface area contributed by atoms with Crippen LogP contribution in [0.4, 0.5) is 0 Å². The fourth-order valence-corrected chi connectivity index (χ4v) is 7.77. The van der Waals surface area contributed by atoms with E-state index < -0.39 is 22.0 Å². The Bertz CT molecular complexity index is 1460. The van der Waals surface area contributed by atoms with Crippen molar-refractivity contribution in [3.8, 4) is 16.9 Å². The molecule has 3 fully saturated rings. The number of rotatable bonds is 4. The Balaban J connectivity index is 1.28. The predicted octanol–water partition coefficient (Wildman–Crippen LogP) is 2.93. The molecule has 1 saturated carbocycles. The summed E-state index contributed by atoms with van der Waals surface area (Å²) >= 11 is 0. The van der Waals surface area contributed by atoms with Crippen LogP contribution in [0.1, 0.15) is 61.7 Å². The van der Waals surface area contributed by atoms with Crippen molar-refractivity contribution >= 4 is 21.7 Å². The number of carbonyl (C=O) groups excluding carboxylic acids is 2. The zero-order valence-corrected chi connectivity index (χ0v) is 26.1. The lowest BCUT2D eigenvalue weighted by Gasteiger charge is -2.34. The molecule has 3 aliphatic heterocycles. The normalized spacial score (nSPS) is 29.0. The van der Waals surface area contributed by atoms with Gasteiger partial charge in [0, 0.05) is 38.4 Å². The molecule has 4 bridgehead atoms. The Morgan fingerprint density at radius 2 is 1.73 bits per heavy atom. The van der Waals surface area contributed by atoms with Gasteiger partial charge >= 0.3 is 0 Å². The van der Waals surface area contributed by atoms with Crippen LogP contribution >= 0.6 is 0 Å². The number of benzene rings is 2. The van der Waals surface area contributed by atoms with Gasteiger partial charge in [0.1, 0.15) is 11.9 Å². The second-order valence-electron chi connectivity index (χ2n) is 12.9. The molecule has 2 amide bonds. The van der Waals surface area contributed by atoms with E-state index in [0.29, 0.717) is 56.1 Å². The molecule has 0 spiro atoms. The number of nitrogens with zero attached hydrogens (tertiary/aromatic N) is 1. The largest absolute Gasteiger partial charge is 0.493 e. The highest BCUT2D eigenvalue weighted by Crippen LogP contribution is 2.32. The van der Waals surface area contributed by atoms with E-state index in [9.17, 15) is 23.1 Å². The van der Waals surface area contributed by atoms with E-state index in [4.69, 9.17) is 9.47 Å². The second-order valence-corrected chi connectivity index (χ2v) is 14.9. The van der Waals surface area contributed by atoms with Crippen molar-refractivity contribution < 1.29 is 32.6 Å². The Hall–Kier alpha value is -2.99. The molecule has 0 radical (unpaired) electrons. The van der Waals surface area contributed by atoms with Gasteiger partial charge in [-0.15, -0.1) is 0 Å². The summed E-state index contributed by atoms with van der Waals surface area (Å²) in [4.78, 5) is 29.6. The molecule has 6 rings (SSSR count). The highest BCUT2D eigenvalue weighted by molar-refractivity contribution is 7.90. The zero-order chi connectivity index (χ0) is 30.8. The van der Waals surface area contributed by atoms with Gasteiger partial charge in [-0.25, -0.2) is 8.42 Å². The van der Waals surface area contributed by atoms with E-state index in [0.717, 1.165) is 30.5 Å². The van der Waals surface area contributed by atoms with E-state index in [1.807, 2.05) is 12.1 Å². The molecule has 238 valence electrons. The first kappa shape index (κ1) is 31.0. The molecule has 2 saturated heterocycles. The Morgan fingerprint density at radius 3 is 2.48 bits per heavy atom. The van der Waals surface area contributed by atoms with Crippen molar-refractivity contribution in [3.63, 3.8) is 0 Å². The van der Waals surface area contributed by atoms with E-state index >= 15 is 0 Å². The average Bonchev–Trinajstić information content (AvgIpc) is 3.66. The van der Waals surface area contributed by atoms with Crippen LogP contribution < -0.4 is 15.4 Å². The van der Waals surface area contributed by atoms with Crippen molar-refractivity contribution in [1.82, 2.24) is 15.5 Å². The minimum atomic E-state index is -3.32. The van der Waals surface area contributed by atoms with Crippen LogP contribution in [0.2, 0.25) is 0 Å². The van der Waals surface area contributed by atoms with E-state index in [1.54, 1.807) is 30.3 Å². The molecule has 11 heteroatoms. The standard InChI is InChI=1S/C33H43N3O7S/c1-44(40,41)26-10-6-22(7-11-26)23-8-12-27-30(16-23)42-15-14-25-9-13-29(37)31(43-25)18-34-33(39)28-17-24(35-32(27)38)20-36(28)19-21-4-2-3-5-21/h6-8,10-12,16,21,24-25,28-29,31,37H,2-5,9,13-15,17-20H2,1H3,(H,34,39)(H,35,38)/t24-,25-,28-,29-,31+/m0/s1. The summed E-state index contributed by atoms with van der Waals surface area (Å²) in [6.07, 6.45) is 6.98. The van der Waals surface area contributed by atoms with Gasteiger partial charge in [0.2, 0.25) is 5.91 Å². The molecule has 0 unspecified atom stereocenters. The fraction of sp³-hybridized carbons (Fsp3) is 0.576. The summed E-state index contributed by atoms with van der Waals surface area (Å²) in [5.41, 5.74) is 2.00. The number of hydrogen-bond acceptors (Lipinski definition) is 8. The van der Waals surface area contributed by atoms with Crippen LogP contribution in [0.15, 0.2) is 47.4 Å². The minimum absolute atomic E-state index is 0.0833. The molecule has 3 heterocycles. The quantitative estimate of drug-likeness (QED) is 0.473. The lowest BCUT2D eigenvalue weighted by Crippen LogP contribution is -2.50. The maximum atomic E-state index is 13.7. The molecule has 3 N–H and O–H groups in total. The highest BCUT2D eigenvalue weighted by atomic mass is 32.2. The third-order valence-corrected chi connectivity index (χ3v) is 10.7. The summed E-state index contributed by atoms with van der Waals surface area (Å²) in [5.74, 6) is 0.647. The van der Waals surface area contributed by atoms with Gasteiger partial charge < -0.3 is 25.2 Å². The third-order valence-electron chi connectivity index (χ3n) is 9.61.